The molecule has 112 valence electrons. The van der Waals surface area contributed by atoms with Gasteiger partial charge in [0.2, 0.25) is 0 Å². The molecule has 1 aromatic heterocycles. The molecule has 0 fully saturated rings. The van der Waals surface area contributed by atoms with Crippen LogP contribution in [-0.2, 0) is 0 Å². The molecular formula is C17H20Br2N2. The van der Waals surface area contributed by atoms with Crippen molar-refractivity contribution in [1.82, 2.24) is 10.3 Å². The molecule has 0 radical (unpaired) electrons. The van der Waals surface area contributed by atoms with Gasteiger partial charge in [-0.05, 0) is 54.4 Å². The smallest absolute Gasteiger partial charge is 0.0387 e. The Morgan fingerprint density at radius 2 is 1.67 bits per heavy atom. The fourth-order valence-electron chi connectivity index (χ4n) is 2.50. The second kappa shape index (κ2) is 8.06. The van der Waals surface area contributed by atoms with Gasteiger partial charge in [0.1, 0.15) is 0 Å². The van der Waals surface area contributed by atoms with E-state index in [1.807, 2.05) is 12.4 Å². The number of halogens is 2. The number of hydrogen-bond acceptors (Lipinski definition) is 2. The predicted octanol–water partition coefficient (Wildman–Crippen LogP) is 5.45. The van der Waals surface area contributed by atoms with E-state index in [1.165, 1.54) is 11.1 Å². The summed E-state index contributed by atoms with van der Waals surface area (Å²) in [6.07, 6.45) is 4.84. The molecule has 0 spiro atoms. The minimum Gasteiger partial charge on any atom is -0.309 e. The molecule has 0 aliphatic carbocycles. The topological polar surface area (TPSA) is 24.9 Å². The van der Waals surface area contributed by atoms with E-state index in [4.69, 9.17) is 0 Å². The number of hydrogen-bond donors (Lipinski definition) is 1. The van der Waals surface area contributed by atoms with Gasteiger partial charge in [-0.15, -0.1) is 0 Å². The lowest BCUT2D eigenvalue weighted by Crippen LogP contribution is -2.26. The van der Waals surface area contributed by atoms with Gasteiger partial charge in [-0.2, -0.15) is 0 Å². The van der Waals surface area contributed by atoms with Gasteiger partial charge < -0.3 is 5.32 Å². The maximum atomic E-state index is 4.11. The van der Waals surface area contributed by atoms with E-state index in [-0.39, 0.29) is 6.04 Å². The number of nitrogens with one attached hydrogen (secondary N) is 1. The third kappa shape index (κ3) is 4.63. The second-order valence-corrected chi connectivity index (χ2v) is 7.04. The van der Waals surface area contributed by atoms with Crippen LogP contribution >= 0.6 is 31.9 Å². The van der Waals surface area contributed by atoms with Gasteiger partial charge >= 0.3 is 0 Å². The summed E-state index contributed by atoms with van der Waals surface area (Å²) in [5.74, 6) is 0.376. The van der Waals surface area contributed by atoms with Gasteiger partial charge in [-0.3, -0.25) is 4.98 Å². The lowest BCUT2D eigenvalue weighted by Gasteiger charge is -2.26. The highest BCUT2D eigenvalue weighted by Gasteiger charge is 2.21. The maximum absolute atomic E-state index is 4.11. The van der Waals surface area contributed by atoms with E-state index in [2.05, 4.69) is 86.3 Å². The highest BCUT2D eigenvalue weighted by molar-refractivity contribution is 9.11. The highest BCUT2D eigenvalue weighted by atomic mass is 79.9. The normalized spacial score (nSPS) is 13.9. The molecule has 1 N–H and O–H groups in total. The van der Waals surface area contributed by atoms with Crippen molar-refractivity contribution in [3.05, 3.63) is 62.8 Å². The van der Waals surface area contributed by atoms with Gasteiger partial charge in [0.05, 0.1) is 0 Å². The Morgan fingerprint density at radius 3 is 2.24 bits per heavy atom. The van der Waals surface area contributed by atoms with Crippen LogP contribution in [0.1, 0.15) is 43.4 Å². The standard InChI is InChI=1S/C17H20Br2N2/c1-3-6-21-17(12(2)13-4-7-20-8-5-13)14-9-15(18)11-16(19)10-14/h4-5,7-12,17,21H,3,6H2,1-2H3. The fraction of sp³-hybridized carbons (Fsp3) is 0.353. The number of rotatable bonds is 6. The summed E-state index contributed by atoms with van der Waals surface area (Å²) in [5, 5.41) is 3.68. The highest BCUT2D eigenvalue weighted by Crippen LogP contribution is 2.33. The van der Waals surface area contributed by atoms with E-state index >= 15 is 0 Å². The minimum atomic E-state index is 0.279. The van der Waals surface area contributed by atoms with Gasteiger partial charge in [0, 0.05) is 33.3 Å². The number of pyridine rings is 1. The summed E-state index contributed by atoms with van der Waals surface area (Å²) in [5.41, 5.74) is 2.59. The molecule has 0 amide bonds. The molecule has 2 atom stereocenters. The van der Waals surface area contributed by atoms with Gasteiger partial charge in [0.25, 0.3) is 0 Å². The Morgan fingerprint density at radius 1 is 1.05 bits per heavy atom. The van der Waals surface area contributed by atoms with Crippen LogP contribution < -0.4 is 5.32 Å². The van der Waals surface area contributed by atoms with Crippen molar-refractivity contribution in [3.63, 3.8) is 0 Å². The van der Waals surface area contributed by atoms with Gasteiger partial charge in [0.15, 0.2) is 0 Å². The van der Waals surface area contributed by atoms with Crippen LogP contribution in [-0.4, -0.2) is 11.5 Å². The Hall–Kier alpha value is -0.710. The number of aromatic nitrogens is 1. The molecule has 0 saturated heterocycles. The molecule has 1 heterocycles. The van der Waals surface area contributed by atoms with Crippen molar-refractivity contribution < 1.29 is 0 Å². The third-order valence-electron chi connectivity index (χ3n) is 3.59. The first kappa shape index (κ1) is 16.7. The quantitative estimate of drug-likeness (QED) is 0.683. The molecule has 2 rings (SSSR count). The summed E-state index contributed by atoms with van der Waals surface area (Å²) in [7, 11) is 0. The van der Waals surface area contributed by atoms with Gasteiger partial charge in [-0.25, -0.2) is 0 Å². The maximum Gasteiger partial charge on any atom is 0.0387 e. The van der Waals surface area contributed by atoms with E-state index in [1.54, 1.807) is 0 Å². The lowest BCUT2D eigenvalue weighted by atomic mass is 9.89. The van der Waals surface area contributed by atoms with Crippen LogP contribution in [0.5, 0.6) is 0 Å². The first-order valence-electron chi connectivity index (χ1n) is 7.21. The Labute approximate surface area is 143 Å². The van der Waals surface area contributed by atoms with Crippen LogP contribution in [0, 0.1) is 0 Å². The van der Waals surface area contributed by atoms with E-state index < -0.39 is 0 Å². The molecule has 4 heteroatoms. The molecule has 2 nitrogen and oxygen atoms in total. The summed E-state index contributed by atoms with van der Waals surface area (Å²) < 4.78 is 2.19. The molecule has 0 aliphatic rings. The molecule has 0 bridgehead atoms. The molecule has 0 aliphatic heterocycles. The van der Waals surface area contributed by atoms with Crippen molar-refractivity contribution in [1.29, 1.82) is 0 Å². The Balaban J connectivity index is 2.33. The van der Waals surface area contributed by atoms with Crippen LogP contribution in [0.2, 0.25) is 0 Å². The minimum absolute atomic E-state index is 0.279. The molecule has 2 unspecified atom stereocenters. The van der Waals surface area contributed by atoms with E-state index in [9.17, 15) is 0 Å². The SMILES string of the molecule is CCCNC(c1cc(Br)cc(Br)c1)C(C)c1ccncc1. The van der Waals surface area contributed by atoms with Crippen molar-refractivity contribution in [2.45, 2.75) is 32.2 Å². The average Bonchev–Trinajstić information content (AvgIpc) is 2.47. The van der Waals surface area contributed by atoms with Crippen LogP contribution in [0.3, 0.4) is 0 Å². The third-order valence-corrected chi connectivity index (χ3v) is 4.51. The second-order valence-electron chi connectivity index (χ2n) is 5.20. The zero-order valence-corrected chi connectivity index (χ0v) is 15.5. The molecule has 0 saturated carbocycles. The molecular weight excluding hydrogens is 392 g/mol. The zero-order valence-electron chi connectivity index (χ0n) is 12.3. The van der Waals surface area contributed by atoms with Crippen molar-refractivity contribution in [3.8, 4) is 0 Å². The first-order valence-corrected chi connectivity index (χ1v) is 8.79. The molecule has 1 aromatic carbocycles. The largest absolute Gasteiger partial charge is 0.309 e. The number of benzene rings is 1. The number of nitrogens with zero attached hydrogens (tertiary/aromatic N) is 1. The van der Waals surface area contributed by atoms with E-state index in [0.29, 0.717) is 5.92 Å². The summed E-state index contributed by atoms with van der Waals surface area (Å²) >= 11 is 7.17. The lowest BCUT2D eigenvalue weighted by molar-refractivity contribution is 0.466. The van der Waals surface area contributed by atoms with Crippen LogP contribution in [0.25, 0.3) is 0 Å². The van der Waals surface area contributed by atoms with Crippen molar-refractivity contribution in [2.75, 3.05) is 6.54 Å². The van der Waals surface area contributed by atoms with Crippen molar-refractivity contribution in [2.24, 2.45) is 0 Å². The fourth-order valence-corrected chi connectivity index (χ4v) is 3.83. The average molecular weight is 412 g/mol. The van der Waals surface area contributed by atoms with Crippen LogP contribution in [0.4, 0.5) is 0 Å². The zero-order chi connectivity index (χ0) is 15.2. The molecule has 21 heavy (non-hydrogen) atoms. The molecule has 2 aromatic rings. The van der Waals surface area contributed by atoms with Crippen molar-refractivity contribution >= 4 is 31.9 Å². The van der Waals surface area contributed by atoms with E-state index in [0.717, 1.165) is 21.9 Å². The first-order chi connectivity index (χ1) is 10.1. The summed E-state index contributed by atoms with van der Waals surface area (Å²) in [6, 6.07) is 10.9. The van der Waals surface area contributed by atoms with Gasteiger partial charge in [-0.1, -0.05) is 45.7 Å². The summed E-state index contributed by atoms with van der Waals surface area (Å²) in [4.78, 5) is 4.11. The van der Waals surface area contributed by atoms with Crippen LogP contribution in [0.15, 0.2) is 51.7 Å². The Kier molecular flexibility index (Phi) is 6.40. The summed E-state index contributed by atoms with van der Waals surface area (Å²) in [6.45, 7) is 5.46. The Bertz CT molecular complexity index is 552. The monoisotopic (exact) mass is 410 g/mol. The predicted molar refractivity (Wildman–Crippen MR) is 95.5 cm³/mol.